The second kappa shape index (κ2) is 6.43. The van der Waals surface area contributed by atoms with Crippen molar-refractivity contribution >= 4 is 27.5 Å². The molecule has 6 heteroatoms. The van der Waals surface area contributed by atoms with Crippen LogP contribution in [0.15, 0.2) is 47.1 Å². The molecule has 0 radical (unpaired) electrons. The number of allylic oxidation sites excluding steroid dienone is 1. The molecule has 1 saturated carbocycles. The van der Waals surface area contributed by atoms with E-state index in [0.29, 0.717) is 38.9 Å². The SMILES string of the molecule is C=C(C)Oc1c(Br)cc(F)cc1N1COc2cc(C3CC3)ccc2C1=O. The van der Waals surface area contributed by atoms with Crippen LogP contribution >= 0.6 is 15.9 Å². The molecule has 0 atom stereocenters. The van der Waals surface area contributed by atoms with Crippen LogP contribution in [0.1, 0.15) is 41.6 Å². The zero-order valence-electron chi connectivity index (χ0n) is 14.2. The van der Waals surface area contributed by atoms with Gasteiger partial charge in [0.05, 0.1) is 21.5 Å². The van der Waals surface area contributed by atoms with Gasteiger partial charge in [0.2, 0.25) is 0 Å². The fourth-order valence-corrected chi connectivity index (χ4v) is 3.55. The number of anilines is 1. The van der Waals surface area contributed by atoms with Crippen LogP contribution in [0.4, 0.5) is 10.1 Å². The van der Waals surface area contributed by atoms with Crippen LogP contribution in [-0.2, 0) is 0 Å². The van der Waals surface area contributed by atoms with Gasteiger partial charge in [-0.25, -0.2) is 4.39 Å². The van der Waals surface area contributed by atoms with Crippen molar-refractivity contribution in [2.75, 3.05) is 11.6 Å². The molecular formula is C20H17BrFNO3. The highest BCUT2D eigenvalue weighted by atomic mass is 79.9. The normalized spacial score (nSPS) is 16.1. The summed E-state index contributed by atoms with van der Waals surface area (Å²) in [7, 11) is 0. The highest BCUT2D eigenvalue weighted by molar-refractivity contribution is 9.10. The minimum Gasteiger partial charge on any atom is -0.472 e. The fraction of sp³-hybridized carbons (Fsp3) is 0.250. The summed E-state index contributed by atoms with van der Waals surface area (Å²) in [5.74, 6) is 1.17. The molecule has 2 aliphatic rings. The van der Waals surface area contributed by atoms with Crippen LogP contribution in [0.2, 0.25) is 0 Å². The second-order valence-electron chi connectivity index (χ2n) is 6.58. The molecule has 2 aromatic carbocycles. The van der Waals surface area contributed by atoms with Crippen LogP contribution in [0.5, 0.6) is 11.5 Å². The van der Waals surface area contributed by atoms with E-state index in [4.69, 9.17) is 9.47 Å². The van der Waals surface area contributed by atoms with E-state index in [1.54, 1.807) is 13.0 Å². The topological polar surface area (TPSA) is 38.8 Å². The van der Waals surface area contributed by atoms with Gasteiger partial charge in [0.25, 0.3) is 5.91 Å². The third-order valence-electron chi connectivity index (χ3n) is 4.43. The van der Waals surface area contributed by atoms with Crippen molar-refractivity contribution < 1.29 is 18.7 Å². The fourth-order valence-electron chi connectivity index (χ4n) is 3.05. The summed E-state index contributed by atoms with van der Waals surface area (Å²) < 4.78 is 25.8. The Morgan fingerprint density at radius 3 is 2.81 bits per heavy atom. The average Bonchev–Trinajstić information content (AvgIpc) is 3.42. The summed E-state index contributed by atoms with van der Waals surface area (Å²) in [6, 6.07) is 8.23. The molecular weight excluding hydrogens is 401 g/mol. The standard InChI is InChI=1S/C20H17BrFNO3/c1-11(2)26-19-16(21)8-14(22)9-17(19)23-10-25-18-7-13(12-3-4-12)5-6-15(18)20(23)24/h5-9,12H,1,3-4,10H2,2H3. The van der Waals surface area contributed by atoms with Gasteiger partial charge in [0, 0.05) is 6.07 Å². The van der Waals surface area contributed by atoms with E-state index in [0.717, 1.165) is 0 Å². The van der Waals surface area contributed by atoms with Crippen molar-refractivity contribution in [3.63, 3.8) is 0 Å². The number of fused-ring (bicyclic) bond motifs is 1. The molecule has 0 bridgehead atoms. The monoisotopic (exact) mass is 417 g/mol. The Morgan fingerprint density at radius 2 is 2.12 bits per heavy atom. The minimum atomic E-state index is -0.483. The van der Waals surface area contributed by atoms with Crippen molar-refractivity contribution in [2.45, 2.75) is 25.7 Å². The number of halogens is 2. The lowest BCUT2D eigenvalue weighted by molar-refractivity contribution is 0.0936. The zero-order chi connectivity index (χ0) is 18.4. The predicted octanol–water partition coefficient (Wildman–Crippen LogP) is 5.37. The molecule has 1 amide bonds. The molecule has 0 N–H and O–H groups in total. The van der Waals surface area contributed by atoms with Crippen LogP contribution in [0.25, 0.3) is 0 Å². The maximum Gasteiger partial charge on any atom is 0.264 e. The number of nitrogens with zero attached hydrogens (tertiary/aromatic N) is 1. The van der Waals surface area contributed by atoms with Crippen molar-refractivity contribution in [1.29, 1.82) is 0 Å². The molecule has 4 rings (SSSR count). The van der Waals surface area contributed by atoms with Gasteiger partial charge >= 0.3 is 0 Å². The smallest absolute Gasteiger partial charge is 0.264 e. The third kappa shape index (κ3) is 3.09. The number of amides is 1. The molecule has 0 spiro atoms. The Balaban J connectivity index is 1.73. The number of rotatable bonds is 4. The van der Waals surface area contributed by atoms with Gasteiger partial charge in [-0.15, -0.1) is 0 Å². The van der Waals surface area contributed by atoms with Gasteiger partial charge in [-0.3, -0.25) is 9.69 Å². The molecule has 0 unspecified atom stereocenters. The van der Waals surface area contributed by atoms with E-state index >= 15 is 0 Å². The van der Waals surface area contributed by atoms with Crippen molar-refractivity contribution in [2.24, 2.45) is 0 Å². The number of hydrogen-bond acceptors (Lipinski definition) is 3. The van der Waals surface area contributed by atoms with E-state index in [-0.39, 0.29) is 12.6 Å². The molecule has 0 aromatic heterocycles. The highest BCUT2D eigenvalue weighted by Gasteiger charge is 2.32. The molecule has 26 heavy (non-hydrogen) atoms. The second-order valence-corrected chi connectivity index (χ2v) is 7.43. The molecule has 0 saturated heterocycles. The molecule has 1 aliphatic carbocycles. The largest absolute Gasteiger partial charge is 0.472 e. The van der Waals surface area contributed by atoms with Gasteiger partial charge in [-0.05, 0) is 65.4 Å². The average molecular weight is 418 g/mol. The van der Waals surface area contributed by atoms with E-state index in [9.17, 15) is 9.18 Å². The van der Waals surface area contributed by atoms with Gasteiger partial charge in [0.15, 0.2) is 12.5 Å². The first-order valence-electron chi connectivity index (χ1n) is 8.35. The molecule has 134 valence electrons. The Morgan fingerprint density at radius 1 is 1.35 bits per heavy atom. The van der Waals surface area contributed by atoms with Crippen LogP contribution < -0.4 is 14.4 Å². The first-order chi connectivity index (χ1) is 12.4. The summed E-state index contributed by atoms with van der Waals surface area (Å²) in [6.45, 7) is 5.39. The first-order valence-corrected chi connectivity index (χ1v) is 9.14. The van der Waals surface area contributed by atoms with Crippen molar-refractivity contribution in [3.05, 3.63) is 64.1 Å². The number of carbonyl (C=O) groups excluding carboxylic acids is 1. The summed E-state index contributed by atoms with van der Waals surface area (Å²) >= 11 is 3.29. The van der Waals surface area contributed by atoms with Gasteiger partial charge in [-0.2, -0.15) is 0 Å². The number of ether oxygens (including phenoxy) is 2. The number of benzene rings is 2. The Labute approximate surface area is 159 Å². The third-order valence-corrected chi connectivity index (χ3v) is 5.02. The van der Waals surface area contributed by atoms with E-state index in [1.165, 1.54) is 35.4 Å². The maximum atomic E-state index is 14.0. The Kier molecular flexibility index (Phi) is 4.23. The van der Waals surface area contributed by atoms with E-state index in [1.807, 2.05) is 12.1 Å². The summed E-state index contributed by atoms with van der Waals surface area (Å²) in [5, 5.41) is 0. The molecule has 1 heterocycles. The van der Waals surface area contributed by atoms with Gasteiger partial charge in [0.1, 0.15) is 11.6 Å². The predicted molar refractivity (Wildman–Crippen MR) is 100 cm³/mol. The van der Waals surface area contributed by atoms with Crippen LogP contribution in [0, 0.1) is 5.82 Å². The maximum absolute atomic E-state index is 14.0. The zero-order valence-corrected chi connectivity index (χ0v) is 15.8. The number of carbonyl (C=O) groups is 1. The Hall–Kier alpha value is -2.34. The molecule has 4 nitrogen and oxygen atoms in total. The van der Waals surface area contributed by atoms with Crippen LogP contribution in [0.3, 0.4) is 0 Å². The molecule has 1 aliphatic heterocycles. The van der Waals surface area contributed by atoms with Crippen molar-refractivity contribution in [1.82, 2.24) is 0 Å². The Bertz CT molecular complexity index is 924. The highest BCUT2D eigenvalue weighted by Crippen LogP contribution is 2.44. The quantitative estimate of drug-likeness (QED) is 0.627. The lowest BCUT2D eigenvalue weighted by Crippen LogP contribution is -2.39. The first kappa shape index (κ1) is 17.1. The number of hydrogen-bond donors (Lipinski definition) is 0. The summed E-state index contributed by atoms with van der Waals surface area (Å²) in [6.07, 6.45) is 2.36. The summed E-state index contributed by atoms with van der Waals surface area (Å²) in [5.41, 5.74) is 1.95. The van der Waals surface area contributed by atoms with Gasteiger partial charge < -0.3 is 9.47 Å². The van der Waals surface area contributed by atoms with Gasteiger partial charge in [-0.1, -0.05) is 12.6 Å². The molecule has 2 aromatic rings. The van der Waals surface area contributed by atoms with E-state index in [2.05, 4.69) is 22.5 Å². The molecule has 1 fully saturated rings. The summed E-state index contributed by atoms with van der Waals surface area (Å²) in [4.78, 5) is 14.4. The van der Waals surface area contributed by atoms with Crippen LogP contribution in [-0.4, -0.2) is 12.6 Å². The van der Waals surface area contributed by atoms with E-state index < -0.39 is 5.82 Å². The van der Waals surface area contributed by atoms with Crippen molar-refractivity contribution in [3.8, 4) is 11.5 Å². The lowest BCUT2D eigenvalue weighted by atomic mass is 10.0. The minimum absolute atomic E-state index is 0.0115. The lowest BCUT2D eigenvalue weighted by Gasteiger charge is -2.30.